The Morgan fingerprint density at radius 2 is 2.11 bits per heavy atom. The summed E-state index contributed by atoms with van der Waals surface area (Å²) in [5, 5.41) is 12.9. The molecule has 19 heavy (non-hydrogen) atoms. The highest BCUT2D eigenvalue weighted by Gasteiger charge is 2.16. The summed E-state index contributed by atoms with van der Waals surface area (Å²) >= 11 is 7.47. The zero-order chi connectivity index (χ0) is 14.0. The maximum atomic E-state index is 12.1. The molecule has 1 aromatic heterocycles. The number of halogens is 1. The zero-order valence-corrected chi connectivity index (χ0v) is 12.2. The first-order chi connectivity index (χ1) is 8.97. The van der Waals surface area contributed by atoms with Gasteiger partial charge < -0.3 is 10.4 Å². The Kier molecular flexibility index (Phi) is 4.12. The van der Waals surface area contributed by atoms with Crippen molar-refractivity contribution in [2.75, 3.05) is 0 Å². The summed E-state index contributed by atoms with van der Waals surface area (Å²) in [6, 6.07) is 8.31. The molecule has 2 rings (SSSR count). The summed E-state index contributed by atoms with van der Waals surface area (Å²) in [5.74, 6) is -0.407. The van der Waals surface area contributed by atoms with E-state index < -0.39 is 0 Å². The Bertz CT molecular complexity index is 609. The molecule has 1 atom stereocenters. The summed E-state index contributed by atoms with van der Waals surface area (Å²) in [6.45, 7) is 3.93. The first-order valence-electron chi connectivity index (χ1n) is 5.83. The number of aromatic hydroxyl groups is 1. The van der Waals surface area contributed by atoms with Gasteiger partial charge in [0, 0.05) is 14.8 Å². The van der Waals surface area contributed by atoms with Gasteiger partial charge in [0.2, 0.25) is 0 Å². The third-order valence-corrected chi connectivity index (χ3v) is 4.16. The minimum atomic E-state index is -0.335. The van der Waals surface area contributed by atoms with E-state index in [1.54, 1.807) is 17.4 Å². The molecule has 2 aromatic rings. The van der Waals surface area contributed by atoms with E-state index in [9.17, 15) is 9.90 Å². The van der Waals surface area contributed by atoms with E-state index in [2.05, 4.69) is 5.32 Å². The summed E-state index contributed by atoms with van der Waals surface area (Å²) < 4.78 is 0. The van der Waals surface area contributed by atoms with Crippen molar-refractivity contribution in [1.29, 1.82) is 0 Å². The molecule has 3 nitrogen and oxygen atoms in total. The smallest absolute Gasteiger partial charge is 0.255 e. The van der Waals surface area contributed by atoms with Crippen molar-refractivity contribution in [1.82, 2.24) is 5.32 Å². The lowest BCUT2D eigenvalue weighted by Crippen LogP contribution is -2.26. The maximum absolute atomic E-state index is 12.1. The maximum Gasteiger partial charge on any atom is 0.255 e. The van der Waals surface area contributed by atoms with Gasteiger partial charge in [-0.1, -0.05) is 11.6 Å². The van der Waals surface area contributed by atoms with E-state index in [1.807, 2.05) is 26.0 Å². The van der Waals surface area contributed by atoms with Crippen molar-refractivity contribution < 1.29 is 9.90 Å². The molecule has 1 heterocycles. The van der Waals surface area contributed by atoms with Gasteiger partial charge >= 0.3 is 0 Å². The Morgan fingerprint density at radius 3 is 2.74 bits per heavy atom. The highest BCUT2D eigenvalue weighted by atomic mass is 35.5. The third kappa shape index (κ3) is 3.28. The number of thiophene rings is 1. The second-order valence-electron chi connectivity index (χ2n) is 4.31. The molecule has 1 amide bonds. The Morgan fingerprint density at radius 1 is 1.37 bits per heavy atom. The molecular formula is C14H14ClNO2S. The lowest BCUT2D eigenvalue weighted by Gasteiger charge is -2.13. The van der Waals surface area contributed by atoms with Crippen molar-refractivity contribution in [3.05, 3.63) is 50.7 Å². The molecule has 1 aromatic carbocycles. The van der Waals surface area contributed by atoms with Gasteiger partial charge in [-0.05, 0) is 44.2 Å². The molecule has 0 aliphatic carbocycles. The Hall–Kier alpha value is -1.52. The lowest BCUT2D eigenvalue weighted by atomic mass is 10.1. The van der Waals surface area contributed by atoms with Crippen LogP contribution < -0.4 is 5.32 Å². The highest BCUT2D eigenvalue weighted by Crippen LogP contribution is 2.25. The van der Waals surface area contributed by atoms with Crippen LogP contribution in [0.4, 0.5) is 0 Å². The van der Waals surface area contributed by atoms with E-state index >= 15 is 0 Å². The molecular weight excluding hydrogens is 282 g/mol. The molecule has 0 saturated carbocycles. The van der Waals surface area contributed by atoms with Crippen LogP contribution >= 0.6 is 22.9 Å². The van der Waals surface area contributed by atoms with Crippen molar-refractivity contribution in [2.45, 2.75) is 19.9 Å². The van der Waals surface area contributed by atoms with E-state index in [1.165, 1.54) is 17.0 Å². The number of rotatable bonds is 3. The fraction of sp³-hybridized carbons (Fsp3) is 0.214. The highest BCUT2D eigenvalue weighted by molar-refractivity contribution is 7.12. The zero-order valence-electron chi connectivity index (χ0n) is 10.6. The molecule has 0 spiro atoms. The van der Waals surface area contributed by atoms with E-state index in [0.29, 0.717) is 5.02 Å². The molecule has 0 radical (unpaired) electrons. The minimum Gasteiger partial charge on any atom is -0.507 e. The van der Waals surface area contributed by atoms with Gasteiger partial charge in [-0.3, -0.25) is 4.79 Å². The van der Waals surface area contributed by atoms with Gasteiger partial charge in [-0.15, -0.1) is 11.3 Å². The van der Waals surface area contributed by atoms with Crippen LogP contribution in [0.25, 0.3) is 0 Å². The van der Waals surface area contributed by atoms with Crippen LogP contribution in [0.2, 0.25) is 5.02 Å². The van der Waals surface area contributed by atoms with Gasteiger partial charge in [0.1, 0.15) is 5.75 Å². The topological polar surface area (TPSA) is 49.3 Å². The number of nitrogens with one attached hydrogen (secondary N) is 1. The van der Waals surface area contributed by atoms with Crippen LogP contribution in [0.3, 0.4) is 0 Å². The van der Waals surface area contributed by atoms with Crippen molar-refractivity contribution >= 4 is 28.8 Å². The number of aryl methyl sites for hydroxylation is 1. The number of phenols is 1. The molecule has 0 aliphatic heterocycles. The van der Waals surface area contributed by atoms with Gasteiger partial charge in [0.15, 0.2) is 0 Å². The average Bonchev–Trinajstić information content (AvgIpc) is 2.79. The van der Waals surface area contributed by atoms with Crippen LogP contribution in [-0.4, -0.2) is 11.0 Å². The van der Waals surface area contributed by atoms with Gasteiger partial charge in [0.05, 0.1) is 11.6 Å². The molecule has 5 heteroatoms. The summed E-state index contributed by atoms with van der Waals surface area (Å²) in [4.78, 5) is 14.4. The lowest BCUT2D eigenvalue weighted by molar-refractivity contribution is 0.0938. The molecule has 1 unspecified atom stereocenters. The molecule has 100 valence electrons. The monoisotopic (exact) mass is 295 g/mol. The summed E-state index contributed by atoms with van der Waals surface area (Å²) in [6.07, 6.45) is 0. The predicted octanol–water partition coefficient (Wildman–Crippen LogP) is 3.91. The first-order valence-corrected chi connectivity index (χ1v) is 7.02. The SMILES string of the molecule is Cc1ccc(C(C)NC(=O)c2cc(Cl)ccc2O)s1. The van der Waals surface area contributed by atoms with Crippen LogP contribution in [0.1, 0.15) is 33.1 Å². The Labute approximate surface area is 120 Å². The average molecular weight is 296 g/mol. The van der Waals surface area contributed by atoms with E-state index in [-0.39, 0.29) is 23.3 Å². The summed E-state index contributed by atoms with van der Waals surface area (Å²) in [7, 11) is 0. The number of carbonyl (C=O) groups excluding carboxylic acids is 1. The van der Waals surface area contributed by atoms with Crippen molar-refractivity contribution in [3.63, 3.8) is 0 Å². The number of amides is 1. The molecule has 0 aliphatic rings. The fourth-order valence-corrected chi connectivity index (χ4v) is 2.77. The first kappa shape index (κ1) is 13.9. The van der Waals surface area contributed by atoms with Crippen LogP contribution in [0.5, 0.6) is 5.75 Å². The molecule has 0 bridgehead atoms. The molecule has 2 N–H and O–H groups in total. The number of hydrogen-bond donors (Lipinski definition) is 2. The standard InChI is InChI=1S/C14H14ClNO2S/c1-8-3-6-13(19-8)9(2)16-14(18)11-7-10(15)4-5-12(11)17/h3-7,9,17H,1-2H3,(H,16,18). The van der Waals surface area contributed by atoms with Crippen LogP contribution in [0.15, 0.2) is 30.3 Å². The van der Waals surface area contributed by atoms with Crippen LogP contribution in [-0.2, 0) is 0 Å². The van der Waals surface area contributed by atoms with Gasteiger partial charge in [-0.2, -0.15) is 0 Å². The van der Waals surface area contributed by atoms with Crippen molar-refractivity contribution in [2.24, 2.45) is 0 Å². The largest absolute Gasteiger partial charge is 0.507 e. The second-order valence-corrected chi connectivity index (χ2v) is 6.06. The van der Waals surface area contributed by atoms with Gasteiger partial charge in [0.25, 0.3) is 5.91 Å². The second kappa shape index (κ2) is 5.63. The fourth-order valence-electron chi connectivity index (χ4n) is 1.72. The van der Waals surface area contributed by atoms with Gasteiger partial charge in [-0.25, -0.2) is 0 Å². The summed E-state index contributed by atoms with van der Waals surface area (Å²) in [5.41, 5.74) is 0.188. The third-order valence-electron chi connectivity index (χ3n) is 2.74. The van der Waals surface area contributed by atoms with Crippen LogP contribution in [0, 0.1) is 6.92 Å². The van der Waals surface area contributed by atoms with Crippen molar-refractivity contribution in [3.8, 4) is 5.75 Å². The van der Waals surface area contributed by atoms with E-state index in [4.69, 9.17) is 11.6 Å². The minimum absolute atomic E-state index is 0.0727. The quantitative estimate of drug-likeness (QED) is 0.902. The predicted molar refractivity (Wildman–Crippen MR) is 78.1 cm³/mol. The van der Waals surface area contributed by atoms with E-state index in [0.717, 1.165) is 4.88 Å². The number of hydrogen-bond acceptors (Lipinski definition) is 3. The number of phenolic OH excluding ortho intramolecular Hbond substituents is 1. The normalized spacial score (nSPS) is 12.2. The molecule has 0 saturated heterocycles. The Balaban J connectivity index is 2.15. The number of benzene rings is 1. The molecule has 0 fully saturated rings. The number of carbonyl (C=O) groups is 1.